The minimum absolute atomic E-state index is 0. The van der Waals surface area contributed by atoms with Crippen LogP contribution in [0.1, 0.15) is 243 Å². The molecule has 1 aromatic carbocycles. The Bertz CT molecular complexity index is 918. The fraction of sp³-hybridized carbons (Fsp3) is 0.825. The molecule has 2 unspecified atom stereocenters. The topological polar surface area (TPSA) is 0 Å². The first-order valence-electron chi connectivity index (χ1n) is 24.9. The lowest BCUT2D eigenvalue weighted by atomic mass is 9.84. The fourth-order valence-electron chi connectivity index (χ4n) is 8.54. The Kier molecular flexibility index (Phi) is 32.7. The molecule has 2 atom stereocenters. The molecule has 6 aliphatic carbocycles. The minimum Gasteiger partial charge on any atom is -0.0853 e. The first-order valence-corrected chi connectivity index (χ1v) is 24.9. The predicted molar refractivity (Wildman–Crippen MR) is 263 cm³/mol. The van der Waals surface area contributed by atoms with Gasteiger partial charge < -0.3 is 0 Å². The van der Waals surface area contributed by atoms with Gasteiger partial charge in [0.1, 0.15) is 0 Å². The van der Waals surface area contributed by atoms with Crippen molar-refractivity contribution in [2.24, 2.45) is 59.2 Å². The van der Waals surface area contributed by atoms with Crippen LogP contribution in [0.4, 0.5) is 0 Å². The molecular formula is C57H106. The number of aryl methyl sites for hydroxylation is 2. The van der Waals surface area contributed by atoms with E-state index in [1.165, 1.54) is 152 Å². The summed E-state index contributed by atoms with van der Waals surface area (Å²) in [5, 5.41) is 0. The van der Waals surface area contributed by atoms with Crippen LogP contribution < -0.4 is 0 Å². The zero-order chi connectivity index (χ0) is 41.9. The van der Waals surface area contributed by atoms with Gasteiger partial charge in [-0.25, -0.2) is 0 Å². The van der Waals surface area contributed by atoms with Crippen molar-refractivity contribution in [3.05, 3.63) is 58.7 Å². The molecule has 0 radical (unpaired) electrons. The highest BCUT2D eigenvalue weighted by Gasteiger charge is 2.15. The summed E-state index contributed by atoms with van der Waals surface area (Å²) in [6, 6.07) is 8.48. The van der Waals surface area contributed by atoms with Crippen molar-refractivity contribution in [1.82, 2.24) is 0 Å². The third-order valence-electron chi connectivity index (χ3n) is 14.2. The van der Waals surface area contributed by atoms with Gasteiger partial charge in [-0.05, 0) is 125 Å². The van der Waals surface area contributed by atoms with Gasteiger partial charge in [-0.3, -0.25) is 0 Å². The van der Waals surface area contributed by atoms with Crippen molar-refractivity contribution < 1.29 is 0 Å². The lowest BCUT2D eigenvalue weighted by Crippen LogP contribution is -2.08. The predicted octanol–water partition coefficient (Wildman–Crippen LogP) is 19.8. The molecular weight excluding hydrogens is 685 g/mol. The summed E-state index contributed by atoms with van der Waals surface area (Å²) in [7, 11) is 0. The maximum atomic E-state index is 2.37. The molecule has 0 nitrogen and oxygen atoms in total. The molecule has 0 spiro atoms. The third-order valence-corrected chi connectivity index (χ3v) is 14.2. The summed E-state index contributed by atoms with van der Waals surface area (Å²) >= 11 is 0. The zero-order valence-electron chi connectivity index (χ0n) is 40.8. The molecule has 57 heavy (non-hydrogen) atoms. The van der Waals surface area contributed by atoms with Crippen LogP contribution in [-0.2, 0) is 0 Å². The van der Waals surface area contributed by atoms with Gasteiger partial charge in [-0.15, -0.1) is 0 Å². The molecule has 4 fully saturated rings. The highest BCUT2D eigenvalue weighted by molar-refractivity contribution is 5.19. The lowest BCUT2D eigenvalue weighted by molar-refractivity contribution is 0.308. The molecule has 0 aromatic heterocycles. The van der Waals surface area contributed by atoms with Gasteiger partial charge in [-0.2, -0.15) is 0 Å². The molecule has 0 heterocycles. The second kappa shape index (κ2) is 33.4. The van der Waals surface area contributed by atoms with Crippen LogP contribution in [0.25, 0.3) is 0 Å². The minimum atomic E-state index is 0. The van der Waals surface area contributed by atoms with Gasteiger partial charge in [0.15, 0.2) is 0 Å². The van der Waals surface area contributed by atoms with Crippen molar-refractivity contribution in [3.63, 3.8) is 0 Å². The van der Waals surface area contributed by atoms with Gasteiger partial charge in [0, 0.05) is 0 Å². The second-order valence-corrected chi connectivity index (χ2v) is 21.5. The molecule has 0 bridgehead atoms. The molecule has 0 saturated heterocycles. The van der Waals surface area contributed by atoms with Gasteiger partial charge >= 0.3 is 0 Å². The number of benzene rings is 1. The average molecular weight is 791 g/mol. The van der Waals surface area contributed by atoms with Crippen LogP contribution in [0.5, 0.6) is 0 Å². The van der Waals surface area contributed by atoms with Gasteiger partial charge in [0.05, 0.1) is 0 Å². The van der Waals surface area contributed by atoms with Crippen LogP contribution >= 0.6 is 0 Å². The van der Waals surface area contributed by atoms with E-state index in [4.69, 9.17) is 0 Å². The van der Waals surface area contributed by atoms with E-state index < -0.39 is 0 Å². The third kappa shape index (κ3) is 32.2. The first-order chi connectivity index (χ1) is 26.5. The smallest absolute Gasteiger partial charge is 0.0320 e. The summed E-state index contributed by atoms with van der Waals surface area (Å²) in [4.78, 5) is 0. The van der Waals surface area contributed by atoms with Crippen molar-refractivity contribution in [2.45, 2.75) is 246 Å². The van der Waals surface area contributed by atoms with Crippen LogP contribution in [-0.4, -0.2) is 0 Å². The SMILES string of the molecule is C.CC1=CCC(C)CC1.CC1=CCC(C)CC1.CC1CCC(C)CC1.CC1CCC(C)CC1.CC1CCC(C)CC1.CC1CCC(C)CC1.Cc1ccc(C)cc1. The zero-order valence-corrected chi connectivity index (χ0v) is 40.8. The van der Waals surface area contributed by atoms with E-state index in [0.29, 0.717) is 0 Å². The van der Waals surface area contributed by atoms with Crippen molar-refractivity contribution in [3.8, 4) is 0 Å². The van der Waals surface area contributed by atoms with Crippen molar-refractivity contribution in [2.75, 3.05) is 0 Å². The first kappa shape index (κ1) is 55.7. The van der Waals surface area contributed by atoms with E-state index >= 15 is 0 Å². The molecule has 0 amide bonds. The summed E-state index contributed by atoms with van der Waals surface area (Å²) in [5.41, 5.74) is 5.83. The molecule has 1 aromatic rings. The highest BCUT2D eigenvalue weighted by Crippen LogP contribution is 2.30. The second-order valence-electron chi connectivity index (χ2n) is 21.5. The number of hydrogen-bond donors (Lipinski definition) is 0. The maximum Gasteiger partial charge on any atom is -0.0320 e. The Labute approximate surface area is 362 Å². The van der Waals surface area contributed by atoms with Gasteiger partial charge in [-0.1, -0.05) is 238 Å². The lowest BCUT2D eigenvalue weighted by Gasteiger charge is -2.22. The van der Waals surface area contributed by atoms with Crippen molar-refractivity contribution in [1.29, 1.82) is 0 Å². The molecule has 4 saturated carbocycles. The van der Waals surface area contributed by atoms with E-state index in [-0.39, 0.29) is 7.43 Å². The Morgan fingerprint density at radius 1 is 0.281 bits per heavy atom. The molecule has 6 aliphatic rings. The Morgan fingerprint density at radius 2 is 0.456 bits per heavy atom. The summed E-state index contributed by atoms with van der Waals surface area (Å²) < 4.78 is 0. The van der Waals surface area contributed by atoms with Crippen LogP contribution in [0.3, 0.4) is 0 Å². The van der Waals surface area contributed by atoms with Crippen molar-refractivity contribution >= 4 is 0 Å². The van der Waals surface area contributed by atoms with Crippen LogP contribution in [0.15, 0.2) is 47.6 Å². The number of allylic oxidation sites excluding steroid dienone is 4. The Morgan fingerprint density at radius 3 is 0.579 bits per heavy atom. The monoisotopic (exact) mass is 791 g/mol. The highest BCUT2D eigenvalue weighted by atomic mass is 14.2. The largest absolute Gasteiger partial charge is 0.0853 e. The summed E-state index contributed by atoms with van der Waals surface area (Å²) in [6.45, 7) is 32.2. The fourth-order valence-corrected chi connectivity index (χ4v) is 8.54. The molecule has 0 heteroatoms. The Balaban J connectivity index is 0.000000640. The van der Waals surface area contributed by atoms with E-state index in [0.717, 1.165) is 59.2 Å². The van der Waals surface area contributed by atoms with Gasteiger partial charge in [0.2, 0.25) is 0 Å². The average Bonchev–Trinajstić information content (AvgIpc) is 3.18. The number of rotatable bonds is 0. The van der Waals surface area contributed by atoms with Gasteiger partial charge in [0.25, 0.3) is 0 Å². The van der Waals surface area contributed by atoms with E-state index in [1.807, 2.05) is 0 Å². The summed E-state index contributed by atoms with van der Waals surface area (Å²) in [5.74, 6) is 10.0. The van der Waals surface area contributed by atoms with E-state index in [2.05, 4.69) is 133 Å². The molecule has 0 aliphatic heterocycles. The number of hydrogen-bond acceptors (Lipinski definition) is 0. The molecule has 0 N–H and O–H groups in total. The van der Waals surface area contributed by atoms with Crippen LogP contribution in [0.2, 0.25) is 0 Å². The molecule has 7 rings (SSSR count). The maximum absolute atomic E-state index is 2.37. The summed E-state index contributed by atoms with van der Waals surface area (Å²) in [6.07, 6.45) is 36.4. The van der Waals surface area contributed by atoms with E-state index in [9.17, 15) is 0 Å². The normalized spacial score (nSPS) is 32.0. The van der Waals surface area contributed by atoms with Crippen LogP contribution in [0, 0.1) is 73.0 Å². The molecule has 334 valence electrons. The van der Waals surface area contributed by atoms with E-state index in [1.54, 1.807) is 11.1 Å². The quantitative estimate of drug-likeness (QED) is 0.230. The standard InChI is InChI=1S/4C8H16.2C8H14.C8H10.CH4/c7*1-7-3-5-8(2)6-4-7;/h4*7-8H,3-6H2,1-2H3;2*3,8H,4-6H2,1-2H3;3-6H,1-2H3;1H4. The Hall–Kier alpha value is -1.30.